The fraction of sp³-hybridized carbons (Fsp3) is 0.818. The first-order valence-corrected chi connectivity index (χ1v) is 20.7. The summed E-state index contributed by atoms with van der Waals surface area (Å²) >= 11 is 0. The molecular weight excluding hydrogens is 656 g/mol. The summed E-state index contributed by atoms with van der Waals surface area (Å²) in [6, 6.07) is 0. The Kier molecular flexibility index (Phi) is 32.0. The number of methoxy groups -OCH3 is 3. The molecule has 8 heteroatoms. The van der Waals surface area contributed by atoms with Crippen LogP contribution in [0.3, 0.4) is 0 Å². The van der Waals surface area contributed by atoms with Crippen LogP contribution in [0.5, 0.6) is 0 Å². The molecule has 0 saturated carbocycles. The van der Waals surface area contributed by atoms with E-state index in [-0.39, 0.29) is 0 Å². The van der Waals surface area contributed by atoms with Crippen molar-refractivity contribution in [3.05, 3.63) is 48.6 Å². The molecule has 0 saturated heterocycles. The smallest absolute Gasteiger partial charge is 0.0787 e. The Morgan fingerprint density at radius 1 is 0.404 bits per heavy atom. The van der Waals surface area contributed by atoms with Gasteiger partial charge in [0.2, 0.25) is 0 Å². The van der Waals surface area contributed by atoms with E-state index in [1.807, 2.05) is 20.8 Å². The molecule has 4 aliphatic carbocycles. The van der Waals surface area contributed by atoms with E-state index in [1.54, 1.807) is 21.3 Å². The van der Waals surface area contributed by atoms with Gasteiger partial charge >= 0.3 is 0 Å². The summed E-state index contributed by atoms with van der Waals surface area (Å²) in [6.45, 7) is 18.1. The van der Waals surface area contributed by atoms with Crippen LogP contribution in [-0.4, -0.2) is 105 Å². The van der Waals surface area contributed by atoms with Crippen LogP contribution in [-0.2, 0) is 37.9 Å². The number of hydrogen-bond acceptors (Lipinski definition) is 8. The number of allylic oxidation sites excluding steroid dienone is 4. The van der Waals surface area contributed by atoms with Crippen molar-refractivity contribution in [2.75, 3.05) is 80.8 Å². The van der Waals surface area contributed by atoms with Crippen molar-refractivity contribution in [1.29, 1.82) is 0 Å². The van der Waals surface area contributed by atoms with Gasteiger partial charge in [0, 0.05) is 80.8 Å². The van der Waals surface area contributed by atoms with Gasteiger partial charge in [0.25, 0.3) is 0 Å². The molecular formula is C44H80O8. The first kappa shape index (κ1) is 48.7. The number of rotatable bonds is 24. The van der Waals surface area contributed by atoms with Gasteiger partial charge in [0.1, 0.15) is 0 Å². The predicted molar refractivity (Wildman–Crippen MR) is 215 cm³/mol. The van der Waals surface area contributed by atoms with Crippen molar-refractivity contribution >= 4 is 0 Å². The quantitative estimate of drug-likeness (QED) is 0.0717. The molecule has 0 spiro atoms. The molecule has 0 aliphatic heterocycles. The van der Waals surface area contributed by atoms with Crippen molar-refractivity contribution in [3.63, 3.8) is 0 Å². The lowest BCUT2D eigenvalue weighted by molar-refractivity contribution is 0.0387. The number of hydrogen-bond donors (Lipinski definition) is 0. The van der Waals surface area contributed by atoms with Crippen LogP contribution in [0, 0.1) is 23.7 Å². The zero-order valence-corrected chi connectivity index (χ0v) is 34.6. The van der Waals surface area contributed by atoms with E-state index in [1.165, 1.54) is 12.8 Å². The SMILES string of the molecule is CCCCOC1C=CCC1CCOC.CCCOC1C=CCC1CCOC.CCOC1C=CCC1CCOC.CCOCCC1CC=CC1OCC. The van der Waals surface area contributed by atoms with Gasteiger partial charge < -0.3 is 37.9 Å². The van der Waals surface area contributed by atoms with E-state index < -0.39 is 0 Å². The molecule has 0 heterocycles. The summed E-state index contributed by atoms with van der Waals surface area (Å²) in [5.41, 5.74) is 0. The van der Waals surface area contributed by atoms with Crippen LogP contribution in [0.4, 0.5) is 0 Å². The van der Waals surface area contributed by atoms with E-state index >= 15 is 0 Å². The van der Waals surface area contributed by atoms with Gasteiger partial charge in [-0.1, -0.05) is 68.9 Å². The topological polar surface area (TPSA) is 73.8 Å². The Hall–Kier alpha value is -1.36. The van der Waals surface area contributed by atoms with Crippen LogP contribution in [0.1, 0.15) is 105 Å². The number of unbranched alkanes of at least 4 members (excludes halogenated alkanes) is 1. The van der Waals surface area contributed by atoms with Gasteiger partial charge in [-0.05, 0) is 109 Å². The number of ether oxygens (including phenoxy) is 8. The van der Waals surface area contributed by atoms with Crippen molar-refractivity contribution in [2.24, 2.45) is 23.7 Å². The van der Waals surface area contributed by atoms with Crippen molar-refractivity contribution < 1.29 is 37.9 Å². The Morgan fingerprint density at radius 3 is 1.10 bits per heavy atom. The highest BCUT2D eigenvalue weighted by atomic mass is 16.5. The third-order valence-corrected chi connectivity index (χ3v) is 9.87. The summed E-state index contributed by atoms with van der Waals surface area (Å²) in [5.74, 6) is 2.58. The van der Waals surface area contributed by atoms with Crippen molar-refractivity contribution in [1.82, 2.24) is 0 Å². The average molecular weight is 737 g/mol. The molecule has 8 unspecified atom stereocenters. The van der Waals surface area contributed by atoms with Crippen LogP contribution in [0.25, 0.3) is 0 Å². The minimum absolute atomic E-state index is 0.338. The Balaban J connectivity index is 0.000000347. The lowest BCUT2D eigenvalue weighted by atomic mass is 10.0. The molecule has 0 N–H and O–H groups in total. The summed E-state index contributed by atoms with van der Waals surface area (Å²) in [4.78, 5) is 0. The van der Waals surface area contributed by atoms with E-state index in [4.69, 9.17) is 37.9 Å². The highest BCUT2D eigenvalue weighted by molar-refractivity contribution is 5.04. The fourth-order valence-corrected chi connectivity index (χ4v) is 6.80. The first-order valence-electron chi connectivity index (χ1n) is 20.7. The van der Waals surface area contributed by atoms with Crippen LogP contribution in [0.2, 0.25) is 0 Å². The molecule has 0 aromatic heterocycles. The third-order valence-electron chi connectivity index (χ3n) is 9.87. The minimum Gasteiger partial charge on any atom is -0.385 e. The fourth-order valence-electron chi connectivity index (χ4n) is 6.80. The van der Waals surface area contributed by atoms with Crippen LogP contribution in [0.15, 0.2) is 48.6 Å². The Labute approximate surface area is 320 Å². The molecule has 304 valence electrons. The second-order valence-electron chi connectivity index (χ2n) is 13.9. The zero-order chi connectivity index (χ0) is 38.1. The lowest BCUT2D eigenvalue weighted by Gasteiger charge is -2.19. The van der Waals surface area contributed by atoms with E-state index in [2.05, 4.69) is 62.5 Å². The monoisotopic (exact) mass is 737 g/mol. The summed E-state index contributed by atoms with van der Waals surface area (Å²) in [6.07, 6.45) is 31.5. The van der Waals surface area contributed by atoms with E-state index in [0.717, 1.165) is 117 Å². The lowest BCUT2D eigenvalue weighted by Crippen LogP contribution is -2.20. The highest BCUT2D eigenvalue weighted by Gasteiger charge is 2.25. The molecule has 8 atom stereocenters. The predicted octanol–water partition coefficient (Wildman–Crippen LogP) is 9.58. The largest absolute Gasteiger partial charge is 0.385 e. The Bertz CT molecular complexity index is 905. The highest BCUT2D eigenvalue weighted by Crippen LogP contribution is 2.27. The van der Waals surface area contributed by atoms with Crippen LogP contribution >= 0.6 is 0 Å². The third kappa shape index (κ3) is 22.1. The molecule has 4 aliphatic rings. The molecule has 0 aromatic carbocycles. The van der Waals surface area contributed by atoms with Gasteiger partial charge in [0.05, 0.1) is 24.4 Å². The maximum absolute atomic E-state index is 5.81. The summed E-state index contributed by atoms with van der Waals surface area (Å²) in [5, 5.41) is 0. The van der Waals surface area contributed by atoms with Crippen molar-refractivity contribution in [2.45, 2.75) is 130 Å². The molecule has 4 rings (SSSR count). The maximum atomic E-state index is 5.81. The van der Waals surface area contributed by atoms with Gasteiger partial charge in [-0.3, -0.25) is 0 Å². The second-order valence-corrected chi connectivity index (χ2v) is 13.9. The normalized spacial score (nSPS) is 26.9. The zero-order valence-electron chi connectivity index (χ0n) is 34.6. The minimum atomic E-state index is 0.338. The van der Waals surface area contributed by atoms with E-state index in [9.17, 15) is 0 Å². The van der Waals surface area contributed by atoms with Gasteiger partial charge in [-0.15, -0.1) is 0 Å². The first-order chi connectivity index (χ1) is 25.5. The van der Waals surface area contributed by atoms with Gasteiger partial charge in [-0.2, -0.15) is 0 Å². The molecule has 0 fully saturated rings. The molecule has 0 bridgehead atoms. The van der Waals surface area contributed by atoms with Gasteiger partial charge in [0.15, 0.2) is 0 Å². The summed E-state index contributed by atoms with van der Waals surface area (Å²) in [7, 11) is 5.26. The molecule has 0 aromatic rings. The Morgan fingerprint density at radius 2 is 0.769 bits per heavy atom. The second kappa shape index (κ2) is 34.2. The van der Waals surface area contributed by atoms with Gasteiger partial charge in [-0.25, -0.2) is 0 Å². The molecule has 0 amide bonds. The standard InChI is InChI=1S/C12H22O2.2C11H20O2.C10H18O2/c1-3-4-9-14-12-7-5-6-11(12)8-10-13-2;1-3-8-13-11-6-4-5-10(11)7-9-12-2;1-3-12-9-8-10-6-5-7-11(10)13-4-2;1-3-12-10-6-4-5-9(10)7-8-11-2/h5,7,11-12H,3-4,6,8-10H2,1-2H3;4,6,10-11H,3,5,7-9H2,1-2H3;5,7,10-11H,3-4,6,8-9H2,1-2H3;4,6,9-10H,3,5,7-8H2,1-2H3. The maximum Gasteiger partial charge on any atom is 0.0787 e. The molecule has 0 radical (unpaired) electrons. The van der Waals surface area contributed by atoms with E-state index in [0.29, 0.717) is 48.1 Å². The summed E-state index contributed by atoms with van der Waals surface area (Å²) < 4.78 is 43.3. The molecule has 8 nitrogen and oxygen atoms in total. The molecule has 52 heavy (non-hydrogen) atoms. The average Bonchev–Trinajstić information content (AvgIpc) is 3.99. The van der Waals surface area contributed by atoms with Crippen molar-refractivity contribution in [3.8, 4) is 0 Å². The van der Waals surface area contributed by atoms with Crippen LogP contribution < -0.4 is 0 Å².